The molecule has 0 unspecified atom stereocenters. The number of amides is 1. The Bertz CT molecular complexity index is 1060. The molecule has 1 aliphatic rings. The summed E-state index contributed by atoms with van der Waals surface area (Å²) >= 11 is 0. The highest BCUT2D eigenvalue weighted by Crippen LogP contribution is 2.55. The third kappa shape index (κ3) is 3.97. The number of carbonyl (C=O) groups excluding carboxylic acids is 1. The van der Waals surface area contributed by atoms with Crippen LogP contribution < -0.4 is 0 Å². The van der Waals surface area contributed by atoms with Gasteiger partial charge >= 0.3 is 18.0 Å². The number of nitrogens with zero attached hydrogens (tertiary/aromatic N) is 2. The van der Waals surface area contributed by atoms with Crippen LogP contribution >= 0.6 is 0 Å². The molecule has 2 atom stereocenters. The summed E-state index contributed by atoms with van der Waals surface area (Å²) in [4.78, 5) is 12.8. The Hall–Kier alpha value is -2.99. The SMILES string of the molecule is Cc1ccc(C2=NN(C(=O)[C@@H](O)c3ccccc3)[C@@](O)(C(F)(F)C(F)(F)C(F)(F)F)C2)cc1. The van der Waals surface area contributed by atoms with Crippen molar-refractivity contribution in [3.8, 4) is 0 Å². The largest absolute Gasteiger partial charge is 0.460 e. The van der Waals surface area contributed by atoms with Crippen molar-refractivity contribution >= 4 is 11.6 Å². The van der Waals surface area contributed by atoms with Crippen molar-refractivity contribution in [1.29, 1.82) is 0 Å². The predicted octanol–water partition coefficient (Wildman–Crippen LogP) is 4.19. The zero-order valence-electron chi connectivity index (χ0n) is 16.8. The molecule has 0 aromatic heterocycles. The van der Waals surface area contributed by atoms with Crippen LogP contribution in [0.5, 0.6) is 0 Å². The van der Waals surface area contributed by atoms with Crippen LogP contribution in [0.2, 0.25) is 0 Å². The zero-order chi connectivity index (χ0) is 24.8. The molecule has 3 rings (SSSR count). The Balaban J connectivity index is 2.13. The minimum atomic E-state index is -6.76. The maximum atomic E-state index is 14.7. The second kappa shape index (κ2) is 8.10. The molecule has 2 N–H and O–H groups in total. The number of hydrazone groups is 1. The maximum Gasteiger partial charge on any atom is 0.460 e. The van der Waals surface area contributed by atoms with Gasteiger partial charge in [-0.15, -0.1) is 0 Å². The molecule has 1 amide bonds. The lowest BCUT2D eigenvalue weighted by Gasteiger charge is -2.41. The van der Waals surface area contributed by atoms with E-state index in [-0.39, 0.29) is 11.1 Å². The van der Waals surface area contributed by atoms with E-state index in [1.54, 1.807) is 6.92 Å². The first-order chi connectivity index (χ1) is 15.1. The summed E-state index contributed by atoms with van der Waals surface area (Å²) in [6, 6.07) is 12.1. The molecule has 5 nitrogen and oxygen atoms in total. The Kier molecular flexibility index (Phi) is 6.05. The van der Waals surface area contributed by atoms with Crippen molar-refractivity contribution in [1.82, 2.24) is 5.01 Å². The molecule has 178 valence electrons. The second-order valence-electron chi connectivity index (χ2n) is 7.52. The van der Waals surface area contributed by atoms with Crippen molar-refractivity contribution in [2.45, 2.75) is 43.2 Å². The molecule has 33 heavy (non-hydrogen) atoms. The lowest BCUT2D eigenvalue weighted by atomic mass is 9.91. The van der Waals surface area contributed by atoms with Crippen LogP contribution in [0, 0.1) is 6.92 Å². The van der Waals surface area contributed by atoms with Crippen LogP contribution in [0.1, 0.15) is 29.2 Å². The molecular formula is C21H17F7N2O3. The van der Waals surface area contributed by atoms with Crippen LogP contribution in [-0.2, 0) is 4.79 Å². The van der Waals surface area contributed by atoms with Gasteiger partial charge in [0.1, 0.15) is 0 Å². The summed E-state index contributed by atoms with van der Waals surface area (Å²) in [6.45, 7) is 1.67. The number of hydrogen-bond donors (Lipinski definition) is 2. The van der Waals surface area contributed by atoms with E-state index in [9.17, 15) is 45.7 Å². The van der Waals surface area contributed by atoms with E-state index < -0.39 is 52.9 Å². The highest BCUT2D eigenvalue weighted by Gasteiger charge is 2.82. The number of aryl methyl sites for hydroxylation is 1. The van der Waals surface area contributed by atoms with Crippen LogP contribution in [-0.4, -0.2) is 50.6 Å². The Labute approximate surface area is 182 Å². The summed E-state index contributed by atoms with van der Waals surface area (Å²) in [5.41, 5.74) is -4.47. The maximum absolute atomic E-state index is 14.7. The van der Waals surface area contributed by atoms with E-state index in [1.165, 1.54) is 54.6 Å². The standard InChI is InChI=1S/C21H17F7N2O3/c1-12-7-9-13(10-8-12)15-11-18(33,19(22,23)20(24,25)21(26,27)28)30(29-15)17(32)16(31)14-5-3-2-4-6-14/h2-10,16,31,33H,11H2,1H3/t16-,18-/m0/s1. The van der Waals surface area contributed by atoms with Crippen molar-refractivity contribution in [2.24, 2.45) is 5.10 Å². The van der Waals surface area contributed by atoms with Gasteiger partial charge in [-0.3, -0.25) is 4.79 Å². The number of benzene rings is 2. The number of halogens is 7. The Morgan fingerprint density at radius 3 is 2.06 bits per heavy atom. The number of hydrogen-bond acceptors (Lipinski definition) is 4. The van der Waals surface area contributed by atoms with E-state index >= 15 is 0 Å². The van der Waals surface area contributed by atoms with E-state index in [0.29, 0.717) is 5.56 Å². The third-order valence-electron chi connectivity index (χ3n) is 5.18. The van der Waals surface area contributed by atoms with E-state index in [2.05, 4.69) is 5.10 Å². The van der Waals surface area contributed by atoms with Gasteiger partial charge in [-0.1, -0.05) is 60.2 Å². The highest BCUT2D eigenvalue weighted by atomic mass is 19.4. The molecule has 2 aromatic carbocycles. The Morgan fingerprint density at radius 2 is 1.55 bits per heavy atom. The lowest BCUT2D eigenvalue weighted by molar-refractivity contribution is -0.401. The molecular weight excluding hydrogens is 461 g/mol. The Morgan fingerprint density at radius 1 is 1.00 bits per heavy atom. The molecule has 0 fully saturated rings. The van der Waals surface area contributed by atoms with Crippen molar-refractivity contribution < 1.29 is 45.7 Å². The first-order valence-corrected chi connectivity index (χ1v) is 9.40. The summed E-state index contributed by atoms with van der Waals surface area (Å²) in [5, 5.41) is 23.7. The average Bonchev–Trinajstić information content (AvgIpc) is 3.12. The quantitative estimate of drug-likeness (QED) is 0.634. The van der Waals surface area contributed by atoms with Gasteiger partial charge in [0.2, 0.25) is 5.72 Å². The van der Waals surface area contributed by atoms with E-state index in [0.717, 1.165) is 0 Å². The van der Waals surface area contributed by atoms with Gasteiger partial charge in [0.05, 0.1) is 5.71 Å². The number of alkyl halides is 7. The molecule has 2 aromatic rings. The third-order valence-corrected chi connectivity index (χ3v) is 5.18. The molecule has 0 bridgehead atoms. The van der Waals surface area contributed by atoms with Gasteiger partial charge in [-0.25, -0.2) is 0 Å². The van der Waals surface area contributed by atoms with Gasteiger partial charge in [0.25, 0.3) is 5.91 Å². The topological polar surface area (TPSA) is 73.1 Å². The van der Waals surface area contributed by atoms with Gasteiger partial charge in [0.15, 0.2) is 6.10 Å². The fourth-order valence-corrected chi connectivity index (χ4v) is 3.25. The summed E-state index contributed by atoms with van der Waals surface area (Å²) in [6.07, 6.45) is -10.6. The predicted molar refractivity (Wildman–Crippen MR) is 101 cm³/mol. The number of aliphatic hydroxyl groups excluding tert-OH is 1. The van der Waals surface area contributed by atoms with Gasteiger partial charge in [-0.2, -0.15) is 40.8 Å². The highest BCUT2D eigenvalue weighted by molar-refractivity contribution is 6.04. The normalized spacial score (nSPS) is 20.5. The van der Waals surface area contributed by atoms with Crippen molar-refractivity contribution in [3.63, 3.8) is 0 Å². The van der Waals surface area contributed by atoms with Crippen LogP contribution in [0.25, 0.3) is 0 Å². The summed E-state index contributed by atoms with van der Waals surface area (Å²) in [5.74, 6) is -14.8. The average molecular weight is 478 g/mol. The second-order valence-corrected chi connectivity index (χ2v) is 7.52. The summed E-state index contributed by atoms with van der Waals surface area (Å²) in [7, 11) is 0. The molecule has 1 aliphatic heterocycles. The van der Waals surface area contributed by atoms with Gasteiger partial charge in [-0.05, 0) is 18.1 Å². The number of aliphatic hydroxyl groups is 2. The molecule has 0 aliphatic carbocycles. The summed E-state index contributed by atoms with van der Waals surface area (Å²) < 4.78 is 95.7. The first-order valence-electron chi connectivity index (χ1n) is 9.40. The molecule has 0 spiro atoms. The molecule has 0 saturated heterocycles. The van der Waals surface area contributed by atoms with Crippen molar-refractivity contribution in [2.75, 3.05) is 0 Å². The monoisotopic (exact) mass is 478 g/mol. The number of rotatable bonds is 5. The van der Waals surface area contributed by atoms with Gasteiger partial charge < -0.3 is 10.2 Å². The minimum Gasteiger partial charge on any atom is -0.378 e. The molecule has 0 saturated carbocycles. The van der Waals surface area contributed by atoms with E-state index in [1.807, 2.05) is 0 Å². The van der Waals surface area contributed by atoms with Crippen LogP contribution in [0.3, 0.4) is 0 Å². The molecule has 12 heteroatoms. The van der Waals surface area contributed by atoms with Crippen LogP contribution in [0.4, 0.5) is 30.7 Å². The minimum absolute atomic E-state index is 0.00495. The smallest absolute Gasteiger partial charge is 0.378 e. The number of carbonyl (C=O) groups is 1. The van der Waals surface area contributed by atoms with Gasteiger partial charge in [0, 0.05) is 6.42 Å². The zero-order valence-corrected chi connectivity index (χ0v) is 16.8. The fourth-order valence-electron chi connectivity index (χ4n) is 3.25. The molecule has 0 radical (unpaired) electrons. The van der Waals surface area contributed by atoms with Crippen molar-refractivity contribution in [3.05, 3.63) is 71.3 Å². The van der Waals surface area contributed by atoms with Crippen LogP contribution in [0.15, 0.2) is 59.7 Å². The van der Waals surface area contributed by atoms with E-state index in [4.69, 9.17) is 0 Å². The molecule has 1 heterocycles. The lowest BCUT2D eigenvalue weighted by Crippen LogP contribution is -2.69. The fraction of sp³-hybridized carbons (Fsp3) is 0.333. The first kappa shape index (κ1) is 24.6.